The topological polar surface area (TPSA) is 28.2 Å². The lowest BCUT2D eigenvalue weighted by molar-refractivity contribution is 0.683. The highest BCUT2D eigenvalue weighted by atomic mass is 15.2. The zero-order valence-corrected chi connectivity index (χ0v) is 12.3. The van der Waals surface area contributed by atoms with Crippen LogP contribution in [0.1, 0.15) is 29.5 Å². The SMILES string of the molecule is c1ccc2c(c1)CCN(c1ccc(CNC3CC3)cn1)C2. The van der Waals surface area contributed by atoms with Crippen LogP contribution in [0.25, 0.3) is 0 Å². The molecule has 1 N–H and O–H groups in total. The number of benzene rings is 1. The van der Waals surface area contributed by atoms with Crippen molar-refractivity contribution in [2.75, 3.05) is 11.4 Å². The summed E-state index contributed by atoms with van der Waals surface area (Å²) in [6.45, 7) is 2.98. The second-order valence-corrected chi connectivity index (χ2v) is 6.12. The van der Waals surface area contributed by atoms with E-state index in [1.165, 1.54) is 29.5 Å². The average Bonchev–Trinajstić information content (AvgIpc) is 3.37. The van der Waals surface area contributed by atoms with Crippen molar-refractivity contribution in [1.82, 2.24) is 10.3 Å². The molecule has 2 heterocycles. The number of nitrogens with one attached hydrogen (secondary N) is 1. The van der Waals surface area contributed by atoms with Crippen molar-refractivity contribution in [1.29, 1.82) is 0 Å². The van der Waals surface area contributed by atoms with Gasteiger partial charge in [-0.2, -0.15) is 0 Å². The lowest BCUT2D eigenvalue weighted by atomic mass is 10.00. The first-order valence-electron chi connectivity index (χ1n) is 7.88. The Kier molecular flexibility index (Phi) is 3.36. The van der Waals surface area contributed by atoms with Crippen molar-refractivity contribution in [3.8, 4) is 0 Å². The van der Waals surface area contributed by atoms with E-state index in [0.29, 0.717) is 0 Å². The van der Waals surface area contributed by atoms with Crippen LogP contribution in [-0.4, -0.2) is 17.6 Å². The van der Waals surface area contributed by atoms with Gasteiger partial charge in [-0.15, -0.1) is 0 Å². The molecule has 4 rings (SSSR count). The normalized spacial score (nSPS) is 17.6. The average molecular weight is 279 g/mol. The summed E-state index contributed by atoms with van der Waals surface area (Å²) in [5, 5.41) is 3.53. The maximum Gasteiger partial charge on any atom is 0.128 e. The molecule has 3 heteroatoms. The lowest BCUT2D eigenvalue weighted by Gasteiger charge is -2.29. The van der Waals surface area contributed by atoms with Crippen LogP contribution < -0.4 is 10.2 Å². The molecule has 1 aliphatic carbocycles. The third kappa shape index (κ3) is 2.93. The van der Waals surface area contributed by atoms with Gasteiger partial charge in [-0.25, -0.2) is 4.98 Å². The van der Waals surface area contributed by atoms with Crippen LogP contribution in [0.4, 0.5) is 5.82 Å². The van der Waals surface area contributed by atoms with Crippen molar-refractivity contribution in [3.05, 3.63) is 59.3 Å². The maximum atomic E-state index is 4.66. The summed E-state index contributed by atoms with van der Waals surface area (Å²) in [5.74, 6) is 1.10. The molecule has 1 aromatic heterocycles. The van der Waals surface area contributed by atoms with Gasteiger partial charge in [-0.3, -0.25) is 0 Å². The summed E-state index contributed by atoms with van der Waals surface area (Å²) >= 11 is 0. The second-order valence-electron chi connectivity index (χ2n) is 6.12. The molecule has 0 saturated heterocycles. The van der Waals surface area contributed by atoms with Crippen LogP contribution in [0.5, 0.6) is 0 Å². The summed E-state index contributed by atoms with van der Waals surface area (Å²) < 4.78 is 0. The highest BCUT2D eigenvalue weighted by Crippen LogP contribution is 2.23. The summed E-state index contributed by atoms with van der Waals surface area (Å²) in [5.41, 5.74) is 4.20. The fraction of sp³-hybridized carbons (Fsp3) is 0.389. The van der Waals surface area contributed by atoms with E-state index in [4.69, 9.17) is 0 Å². The molecule has 1 saturated carbocycles. The lowest BCUT2D eigenvalue weighted by Crippen LogP contribution is -2.30. The van der Waals surface area contributed by atoms with Crippen LogP contribution >= 0.6 is 0 Å². The van der Waals surface area contributed by atoms with Crippen molar-refractivity contribution in [2.24, 2.45) is 0 Å². The number of nitrogens with zero attached hydrogens (tertiary/aromatic N) is 2. The fourth-order valence-corrected chi connectivity index (χ4v) is 2.95. The first-order chi connectivity index (χ1) is 10.4. The Labute approximate surface area is 126 Å². The van der Waals surface area contributed by atoms with E-state index >= 15 is 0 Å². The molecule has 1 fully saturated rings. The van der Waals surface area contributed by atoms with Crippen LogP contribution in [0, 0.1) is 0 Å². The predicted octanol–water partition coefficient (Wildman–Crippen LogP) is 2.90. The minimum atomic E-state index is 0.753. The Morgan fingerprint density at radius 2 is 1.95 bits per heavy atom. The molecule has 0 unspecified atom stereocenters. The molecule has 3 nitrogen and oxygen atoms in total. The van der Waals surface area contributed by atoms with E-state index in [0.717, 1.165) is 37.9 Å². The van der Waals surface area contributed by atoms with E-state index in [9.17, 15) is 0 Å². The molecule has 1 aliphatic heterocycles. The monoisotopic (exact) mass is 279 g/mol. The number of anilines is 1. The van der Waals surface area contributed by atoms with Gasteiger partial charge in [0.15, 0.2) is 0 Å². The third-order valence-corrected chi connectivity index (χ3v) is 4.44. The number of pyridine rings is 1. The van der Waals surface area contributed by atoms with E-state index in [1.807, 2.05) is 6.20 Å². The number of aromatic nitrogens is 1. The largest absolute Gasteiger partial charge is 0.352 e. The molecule has 0 spiro atoms. The van der Waals surface area contributed by atoms with Gasteiger partial charge < -0.3 is 10.2 Å². The van der Waals surface area contributed by atoms with Crippen molar-refractivity contribution < 1.29 is 0 Å². The van der Waals surface area contributed by atoms with Crippen LogP contribution in [-0.2, 0) is 19.5 Å². The Morgan fingerprint density at radius 1 is 1.10 bits per heavy atom. The quantitative estimate of drug-likeness (QED) is 0.932. The third-order valence-electron chi connectivity index (χ3n) is 4.44. The van der Waals surface area contributed by atoms with E-state index in [1.54, 1.807) is 0 Å². The molecular weight excluding hydrogens is 258 g/mol. The van der Waals surface area contributed by atoms with Gasteiger partial charge in [0.2, 0.25) is 0 Å². The van der Waals surface area contributed by atoms with E-state index in [-0.39, 0.29) is 0 Å². The second kappa shape index (κ2) is 5.49. The first-order valence-corrected chi connectivity index (χ1v) is 7.88. The van der Waals surface area contributed by atoms with Gasteiger partial charge in [0.1, 0.15) is 5.82 Å². The first kappa shape index (κ1) is 12.8. The summed E-state index contributed by atoms with van der Waals surface area (Å²) in [6, 6.07) is 13.9. The summed E-state index contributed by atoms with van der Waals surface area (Å²) in [7, 11) is 0. The Balaban J connectivity index is 1.44. The van der Waals surface area contributed by atoms with E-state index in [2.05, 4.69) is 51.6 Å². The van der Waals surface area contributed by atoms with Gasteiger partial charge in [0, 0.05) is 31.9 Å². The number of fused-ring (bicyclic) bond motifs is 1. The molecular formula is C18H21N3. The van der Waals surface area contributed by atoms with Crippen molar-refractivity contribution in [3.63, 3.8) is 0 Å². The smallest absolute Gasteiger partial charge is 0.128 e. The standard InChI is InChI=1S/C18H21N3/c1-2-4-16-13-21(10-9-15(16)3-1)18-8-5-14(12-20-18)11-19-17-6-7-17/h1-5,8,12,17,19H,6-7,9-11,13H2. The Hall–Kier alpha value is -1.87. The predicted molar refractivity (Wildman–Crippen MR) is 85.3 cm³/mol. The molecule has 0 radical (unpaired) electrons. The highest BCUT2D eigenvalue weighted by Gasteiger charge is 2.20. The minimum Gasteiger partial charge on any atom is -0.352 e. The fourth-order valence-electron chi connectivity index (χ4n) is 2.95. The van der Waals surface area contributed by atoms with Gasteiger partial charge in [0.05, 0.1) is 0 Å². The molecule has 21 heavy (non-hydrogen) atoms. The number of hydrogen-bond acceptors (Lipinski definition) is 3. The van der Waals surface area contributed by atoms with Crippen LogP contribution in [0.2, 0.25) is 0 Å². The molecule has 2 aliphatic rings. The molecule has 0 bridgehead atoms. The molecule has 108 valence electrons. The zero-order valence-electron chi connectivity index (χ0n) is 12.3. The van der Waals surface area contributed by atoms with Gasteiger partial charge >= 0.3 is 0 Å². The summed E-state index contributed by atoms with van der Waals surface area (Å²) in [6.07, 6.45) is 5.80. The van der Waals surface area contributed by atoms with Gasteiger partial charge in [-0.05, 0) is 42.0 Å². The van der Waals surface area contributed by atoms with E-state index < -0.39 is 0 Å². The molecule has 2 aromatic rings. The molecule has 0 atom stereocenters. The van der Waals surface area contributed by atoms with Crippen molar-refractivity contribution >= 4 is 5.82 Å². The summed E-state index contributed by atoms with van der Waals surface area (Å²) in [4.78, 5) is 7.03. The molecule has 1 aromatic carbocycles. The maximum absolute atomic E-state index is 4.66. The Bertz CT molecular complexity index is 617. The number of rotatable bonds is 4. The molecule has 0 amide bonds. The zero-order chi connectivity index (χ0) is 14.1. The Morgan fingerprint density at radius 3 is 2.71 bits per heavy atom. The van der Waals surface area contributed by atoms with Crippen LogP contribution in [0.3, 0.4) is 0 Å². The van der Waals surface area contributed by atoms with Gasteiger partial charge in [0.25, 0.3) is 0 Å². The van der Waals surface area contributed by atoms with Crippen LogP contribution in [0.15, 0.2) is 42.6 Å². The highest BCUT2D eigenvalue weighted by molar-refractivity contribution is 5.44. The minimum absolute atomic E-state index is 0.753. The number of hydrogen-bond donors (Lipinski definition) is 1. The van der Waals surface area contributed by atoms with Crippen molar-refractivity contribution in [2.45, 2.75) is 38.4 Å². The van der Waals surface area contributed by atoms with Gasteiger partial charge in [-0.1, -0.05) is 30.3 Å².